The van der Waals surface area contributed by atoms with Crippen molar-refractivity contribution in [2.75, 3.05) is 26.7 Å². The van der Waals surface area contributed by atoms with Crippen LogP contribution < -0.4 is 10.6 Å². The van der Waals surface area contributed by atoms with Gasteiger partial charge in [0, 0.05) is 44.7 Å². The molecule has 1 aromatic carbocycles. The Bertz CT molecular complexity index is 793. The quantitative estimate of drug-likeness (QED) is 0.573. The lowest BCUT2D eigenvalue weighted by atomic mass is 9.95. The van der Waals surface area contributed by atoms with Crippen LogP contribution in [0.1, 0.15) is 36.8 Å². The van der Waals surface area contributed by atoms with E-state index in [9.17, 15) is 4.39 Å². The Morgan fingerprint density at radius 3 is 2.68 bits per heavy atom. The third-order valence-corrected chi connectivity index (χ3v) is 6.76. The molecule has 2 aliphatic rings. The first kappa shape index (κ1) is 19.4. The smallest absolute Gasteiger partial charge is 0.191 e. The van der Waals surface area contributed by atoms with Crippen molar-refractivity contribution in [1.82, 2.24) is 15.5 Å². The number of hydrogen-bond donors (Lipinski definition) is 2. The number of rotatable bonds is 6. The molecule has 0 amide bonds. The van der Waals surface area contributed by atoms with Crippen LogP contribution in [0.5, 0.6) is 0 Å². The SMILES string of the molecule is CN=C(NCC1(c2ccccc2F)CC1)NC1CCN(Cc2ccsc2)CC1. The molecule has 4 rings (SSSR count). The maximum absolute atomic E-state index is 14.2. The summed E-state index contributed by atoms with van der Waals surface area (Å²) in [6.45, 7) is 3.98. The van der Waals surface area contributed by atoms with E-state index < -0.39 is 0 Å². The second-order valence-electron chi connectivity index (χ2n) is 8.01. The van der Waals surface area contributed by atoms with E-state index in [1.807, 2.05) is 19.2 Å². The van der Waals surface area contributed by atoms with E-state index in [0.717, 1.165) is 63.4 Å². The number of hydrogen-bond acceptors (Lipinski definition) is 3. The van der Waals surface area contributed by atoms with Crippen molar-refractivity contribution in [2.45, 2.75) is 43.7 Å². The summed E-state index contributed by atoms with van der Waals surface area (Å²) in [5.74, 6) is 0.738. The zero-order valence-corrected chi connectivity index (χ0v) is 17.3. The maximum atomic E-state index is 14.2. The highest BCUT2D eigenvalue weighted by Gasteiger charge is 2.45. The van der Waals surface area contributed by atoms with Gasteiger partial charge in [0.2, 0.25) is 0 Å². The fourth-order valence-electron chi connectivity index (χ4n) is 4.10. The molecule has 1 aliphatic heterocycles. The second-order valence-corrected chi connectivity index (χ2v) is 8.79. The standard InChI is InChI=1S/C22H29FN4S/c1-24-21(25-16-22(9-10-22)19-4-2-3-5-20(19)23)26-18-6-11-27(12-7-18)14-17-8-13-28-15-17/h2-5,8,13,15,18H,6-7,9-12,14,16H2,1H3,(H2,24,25,26). The van der Waals surface area contributed by atoms with Gasteiger partial charge < -0.3 is 10.6 Å². The van der Waals surface area contributed by atoms with Crippen molar-refractivity contribution < 1.29 is 4.39 Å². The maximum Gasteiger partial charge on any atom is 0.191 e. The summed E-state index contributed by atoms with van der Waals surface area (Å²) < 4.78 is 14.2. The van der Waals surface area contributed by atoms with E-state index in [1.165, 1.54) is 5.56 Å². The molecule has 1 saturated carbocycles. The monoisotopic (exact) mass is 400 g/mol. The molecule has 28 heavy (non-hydrogen) atoms. The highest BCUT2D eigenvalue weighted by Crippen LogP contribution is 2.48. The molecular weight excluding hydrogens is 371 g/mol. The van der Waals surface area contributed by atoms with Crippen LogP contribution in [0.15, 0.2) is 46.1 Å². The largest absolute Gasteiger partial charge is 0.356 e. The van der Waals surface area contributed by atoms with Gasteiger partial charge in [0.1, 0.15) is 5.82 Å². The molecule has 0 bridgehead atoms. The van der Waals surface area contributed by atoms with Crippen molar-refractivity contribution in [3.63, 3.8) is 0 Å². The number of guanidine groups is 1. The lowest BCUT2D eigenvalue weighted by Gasteiger charge is -2.33. The van der Waals surface area contributed by atoms with Gasteiger partial charge in [0.15, 0.2) is 5.96 Å². The molecule has 150 valence electrons. The van der Waals surface area contributed by atoms with E-state index in [1.54, 1.807) is 23.5 Å². The molecule has 0 unspecified atom stereocenters. The van der Waals surface area contributed by atoms with Gasteiger partial charge in [-0.05, 0) is 59.7 Å². The first-order valence-electron chi connectivity index (χ1n) is 10.1. The van der Waals surface area contributed by atoms with Gasteiger partial charge in [-0.2, -0.15) is 11.3 Å². The number of benzene rings is 1. The van der Waals surface area contributed by atoms with E-state index in [4.69, 9.17) is 0 Å². The highest BCUT2D eigenvalue weighted by atomic mass is 32.1. The van der Waals surface area contributed by atoms with Crippen LogP contribution in [0.4, 0.5) is 4.39 Å². The second kappa shape index (κ2) is 8.62. The molecule has 2 fully saturated rings. The average molecular weight is 401 g/mol. The van der Waals surface area contributed by atoms with Crippen LogP contribution in [0.3, 0.4) is 0 Å². The third-order valence-electron chi connectivity index (χ3n) is 6.03. The van der Waals surface area contributed by atoms with E-state index in [0.29, 0.717) is 6.04 Å². The number of piperidine rings is 1. The van der Waals surface area contributed by atoms with Crippen molar-refractivity contribution in [3.8, 4) is 0 Å². The Labute approximate surface area is 170 Å². The van der Waals surface area contributed by atoms with Gasteiger partial charge in [0.25, 0.3) is 0 Å². The van der Waals surface area contributed by atoms with Gasteiger partial charge in [-0.3, -0.25) is 9.89 Å². The number of nitrogens with one attached hydrogen (secondary N) is 2. The molecule has 1 saturated heterocycles. The minimum Gasteiger partial charge on any atom is -0.356 e. The summed E-state index contributed by atoms with van der Waals surface area (Å²) in [4.78, 5) is 6.92. The molecule has 4 nitrogen and oxygen atoms in total. The van der Waals surface area contributed by atoms with Gasteiger partial charge in [0.05, 0.1) is 0 Å². The minimum absolute atomic E-state index is 0.0765. The first-order valence-corrected chi connectivity index (χ1v) is 11.1. The fraction of sp³-hybridized carbons (Fsp3) is 0.500. The van der Waals surface area contributed by atoms with Crippen molar-refractivity contribution in [2.24, 2.45) is 4.99 Å². The lowest BCUT2D eigenvalue weighted by molar-refractivity contribution is 0.198. The number of halogens is 1. The molecule has 1 aliphatic carbocycles. The topological polar surface area (TPSA) is 39.7 Å². The molecule has 0 spiro atoms. The molecule has 2 N–H and O–H groups in total. The summed E-state index contributed by atoms with van der Waals surface area (Å²) >= 11 is 1.77. The van der Waals surface area contributed by atoms with Gasteiger partial charge in [-0.15, -0.1) is 0 Å². The zero-order valence-electron chi connectivity index (χ0n) is 16.5. The van der Waals surface area contributed by atoms with Crippen molar-refractivity contribution in [3.05, 3.63) is 58.0 Å². The van der Waals surface area contributed by atoms with Gasteiger partial charge in [-0.1, -0.05) is 18.2 Å². The minimum atomic E-state index is -0.0947. The van der Waals surface area contributed by atoms with Crippen LogP contribution in [0.2, 0.25) is 0 Å². The van der Waals surface area contributed by atoms with Crippen LogP contribution >= 0.6 is 11.3 Å². The number of nitrogens with zero attached hydrogens (tertiary/aromatic N) is 2. The van der Waals surface area contributed by atoms with Crippen LogP contribution in [-0.2, 0) is 12.0 Å². The zero-order chi connectivity index (χ0) is 19.4. The summed E-state index contributed by atoms with van der Waals surface area (Å²) in [5, 5.41) is 11.4. The fourth-order valence-corrected chi connectivity index (χ4v) is 4.76. The predicted molar refractivity (Wildman–Crippen MR) is 114 cm³/mol. The van der Waals surface area contributed by atoms with Gasteiger partial charge in [-0.25, -0.2) is 4.39 Å². The lowest BCUT2D eigenvalue weighted by Crippen LogP contribution is -2.49. The van der Waals surface area contributed by atoms with E-state index in [-0.39, 0.29) is 11.2 Å². The highest BCUT2D eigenvalue weighted by molar-refractivity contribution is 7.07. The molecule has 0 atom stereocenters. The van der Waals surface area contributed by atoms with Gasteiger partial charge >= 0.3 is 0 Å². The molecule has 2 heterocycles. The predicted octanol–water partition coefficient (Wildman–Crippen LogP) is 3.75. The van der Waals surface area contributed by atoms with Crippen molar-refractivity contribution in [1.29, 1.82) is 0 Å². The normalized spacial score (nSPS) is 20.1. The third kappa shape index (κ3) is 4.55. The van der Waals surface area contributed by atoms with Crippen molar-refractivity contribution >= 4 is 17.3 Å². The van der Waals surface area contributed by atoms with Crippen LogP contribution in [-0.4, -0.2) is 43.6 Å². The Morgan fingerprint density at radius 1 is 1.25 bits per heavy atom. The summed E-state index contributed by atoms with van der Waals surface area (Å²) in [5.41, 5.74) is 2.17. The Morgan fingerprint density at radius 2 is 2.04 bits per heavy atom. The van der Waals surface area contributed by atoms with E-state index in [2.05, 4.69) is 37.4 Å². The number of aliphatic imine (C=N–C) groups is 1. The van der Waals surface area contributed by atoms with Crippen LogP contribution in [0, 0.1) is 5.82 Å². The summed E-state index contributed by atoms with van der Waals surface area (Å²) in [6.07, 6.45) is 4.28. The molecule has 6 heteroatoms. The number of likely N-dealkylation sites (tertiary alicyclic amines) is 1. The Balaban J connectivity index is 1.25. The molecule has 2 aromatic rings. The average Bonchev–Trinajstić information content (AvgIpc) is 3.33. The van der Waals surface area contributed by atoms with E-state index >= 15 is 0 Å². The molecule has 1 aromatic heterocycles. The Kier molecular flexibility index (Phi) is 5.97. The Hall–Kier alpha value is -1.92. The summed E-state index contributed by atoms with van der Waals surface area (Å²) in [7, 11) is 1.81. The van der Waals surface area contributed by atoms with Crippen LogP contribution in [0.25, 0.3) is 0 Å². The molecule has 0 radical (unpaired) electrons. The first-order chi connectivity index (χ1) is 13.7. The summed E-state index contributed by atoms with van der Waals surface area (Å²) in [6, 6.07) is 9.82. The molecular formula is C22H29FN4S. The number of thiophene rings is 1.